The fourth-order valence-electron chi connectivity index (χ4n) is 2.61. The molecule has 0 bridgehead atoms. The Hall–Kier alpha value is -1.68. The van der Waals surface area contributed by atoms with Gasteiger partial charge in [0.1, 0.15) is 0 Å². The van der Waals surface area contributed by atoms with E-state index in [4.69, 9.17) is 4.42 Å². The van der Waals surface area contributed by atoms with E-state index in [2.05, 4.69) is 5.32 Å². The van der Waals surface area contributed by atoms with Crippen LogP contribution in [0.2, 0.25) is 0 Å². The summed E-state index contributed by atoms with van der Waals surface area (Å²) in [5.41, 5.74) is 0.177. The van der Waals surface area contributed by atoms with E-state index in [1.165, 1.54) is 6.07 Å². The first kappa shape index (κ1) is 12.4. The number of piperidine rings is 1. The number of ketones is 1. The Labute approximate surface area is 110 Å². The summed E-state index contributed by atoms with van der Waals surface area (Å²) in [6.45, 7) is 1.93. The van der Waals surface area contributed by atoms with Crippen molar-refractivity contribution >= 4 is 16.8 Å². The minimum Gasteiger partial charge on any atom is -0.450 e. The van der Waals surface area contributed by atoms with Crippen molar-refractivity contribution < 1.29 is 13.6 Å². The van der Waals surface area contributed by atoms with Crippen molar-refractivity contribution in [1.82, 2.24) is 5.32 Å². The fraction of sp³-hybridized carbons (Fsp3) is 0.400. The average molecular weight is 261 g/mol. The van der Waals surface area contributed by atoms with Crippen LogP contribution in [-0.2, 0) is 0 Å². The molecule has 3 nitrogen and oxygen atoms in total. The summed E-state index contributed by atoms with van der Waals surface area (Å²) in [7, 11) is 0. The first-order chi connectivity index (χ1) is 9.24. The van der Waals surface area contributed by atoms with Crippen LogP contribution in [0.5, 0.6) is 0 Å². The van der Waals surface area contributed by atoms with Gasteiger partial charge in [0, 0.05) is 11.8 Å². The monoisotopic (exact) mass is 261 g/mol. The van der Waals surface area contributed by atoms with E-state index in [0.717, 1.165) is 25.9 Å². The van der Waals surface area contributed by atoms with Crippen LogP contribution in [0.3, 0.4) is 0 Å². The molecule has 0 spiro atoms. The second-order valence-electron chi connectivity index (χ2n) is 5.09. The molecule has 4 heteroatoms. The molecule has 1 aliphatic heterocycles. The number of rotatable bonds is 3. The summed E-state index contributed by atoms with van der Waals surface area (Å²) >= 11 is 0. The Morgan fingerprint density at radius 2 is 2.16 bits per heavy atom. The number of fused-ring (bicyclic) bond motifs is 1. The van der Waals surface area contributed by atoms with E-state index in [1.807, 2.05) is 0 Å². The zero-order chi connectivity index (χ0) is 13.2. The van der Waals surface area contributed by atoms with E-state index in [-0.39, 0.29) is 17.1 Å². The lowest BCUT2D eigenvalue weighted by Gasteiger charge is -2.21. The number of carbonyl (C=O) groups excluding carboxylic acids is 1. The van der Waals surface area contributed by atoms with Crippen LogP contribution < -0.4 is 5.32 Å². The van der Waals surface area contributed by atoms with Crippen molar-refractivity contribution in [3.05, 3.63) is 35.8 Å². The maximum absolute atomic E-state index is 13.5. The van der Waals surface area contributed by atoms with Gasteiger partial charge >= 0.3 is 0 Å². The van der Waals surface area contributed by atoms with Crippen LogP contribution in [0.15, 0.2) is 28.7 Å². The first-order valence-electron chi connectivity index (χ1n) is 6.66. The molecule has 3 rings (SSSR count). The van der Waals surface area contributed by atoms with Gasteiger partial charge < -0.3 is 9.73 Å². The highest BCUT2D eigenvalue weighted by Crippen LogP contribution is 2.25. The molecule has 2 aromatic rings. The second-order valence-corrected chi connectivity index (χ2v) is 5.09. The fourth-order valence-corrected chi connectivity index (χ4v) is 2.61. The van der Waals surface area contributed by atoms with Crippen molar-refractivity contribution in [2.75, 3.05) is 13.1 Å². The zero-order valence-electron chi connectivity index (χ0n) is 10.6. The van der Waals surface area contributed by atoms with Crippen LogP contribution in [0.4, 0.5) is 4.39 Å². The highest BCUT2D eigenvalue weighted by atomic mass is 19.1. The van der Waals surface area contributed by atoms with E-state index in [9.17, 15) is 9.18 Å². The highest BCUT2D eigenvalue weighted by Gasteiger charge is 2.20. The number of benzene rings is 1. The molecule has 0 atom stereocenters. The summed E-state index contributed by atoms with van der Waals surface area (Å²) in [5.74, 6) is 0.242. The average Bonchev–Trinajstić information content (AvgIpc) is 2.85. The number of para-hydroxylation sites is 1. The molecule has 0 aliphatic carbocycles. The summed E-state index contributed by atoms with van der Waals surface area (Å²) in [4.78, 5) is 12.2. The number of halogens is 1. The molecule has 0 saturated carbocycles. The van der Waals surface area contributed by atoms with Gasteiger partial charge in [-0.15, -0.1) is 0 Å². The third-order valence-corrected chi connectivity index (χ3v) is 3.70. The molecule has 2 heterocycles. The van der Waals surface area contributed by atoms with Gasteiger partial charge in [0.25, 0.3) is 0 Å². The molecular formula is C15H16FNO2. The summed E-state index contributed by atoms with van der Waals surface area (Å²) < 4.78 is 18.9. The highest BCUT2D eigenvalue weighted by molar-refractivity contribution is 5.97. The Kier molecular flexibility index (Phi) is 3.34. The van der Waals surface area contributed by atoms with Gasteiger partial charge in [-0.05, 0) is 44.0 Å². The third kappa shape index (κ3) is 2.54. The largest absolute Gasteiger partial charge is 0.450 e. The van der Waals surface area contributed by atoms with Crippen LogP contribution in [-0.4, -0.2) is 18.9 Å². The SMILES string of the molecule is O=C(CC1CCNCC1)c1cc2cccc(F)c2o1. The third-order valence-electron chi connectivity index (χ3n) is 3.70. The number of Topliss-reactive ketones (excluding diaryl/α,β-unsaturated/α-hetero) is 1. The smallest absolute Gasteiger partial charge is 0.198 e. The van der Waals surface area contributed by atoms with Crippen molar-refractivity contribution in [2.24, 2.45) is 5.92 Å². The summed E-state index contributed by atoms with van der Waals surface area (Å²) in [5, 5.41) is 3.92. The van der Waals surface area contributed by atoms with Crippen molar-refractivity contribution in [3.63, 3.8) is 0 Å². The topological polar surface area (TPSA) is 42.2 Å². The van der Waals surface area contributed by atoms with Gasteiger partial charge in [-0.3, -0.25) is 4.79 Å². The summed E-state index contributed by atoms with van der Waals surface area (Å²) in [6.07, 6.45) is 2.52. The molecule has 1 N–H and O–H groups in total. The van der Waals surface area contributed by atoms with Gasteiger partial charge in [-0.25, -0.2) is 4.39 Å². The van der Waals surface area contributed by atoms with Gasteiger partial charge in [0.2, 0.25) is 0 Å². The van der Waals surface area contributed by atoms with E-state index in [1.54, 1.807) is 18.2 Å². The van der Waals surface area contributed by atoms with Crippen molar-refractivity contribution in [1.29, 1.82) is 0 Å². The maximum atomic E-state index is 13.5. The number of hydrogen-bond acceptors (Lipinski definition) is 3. The predicted octanol–water partition coefficient (Wildman–Crippen LogP) is 3.14. The Bertz CT molecular complexity index is 599. The number of hydrogen-bond donors (Lipinski definition) is 1. The van der Waals surface area contributed by atoms with E-state index >= 15 is 0 Å². The molecule has 1 aliphatic rings. The lowest BCUT2D eigenvalue weighted by atomic mass is 9.92. The molecular weight excluding hydrogens is 245 g/mol. The minimum atomic E-state index is -0.418. The molecule has 19 heavy (non-hydrogen) atoms. The normalized spacial score (nSPS) is 16.9. The second kappa shape index (κ2) is 5.13. The van der Waals surface area contributed by atoms with Crippen LogP contribution >= 0.6 is 0 Å². The maximum Gasteiger partial charge on any atom is 0.198 e. The molecule has 0 amide bonds. The van der Waals surface area contributed by atoms with Crippen LogP contribution in [0, 0.1) is 11.7 Å². The molecule has 1 fully saturated rings. The predicted molar refractivity (Wildman–Crippen MR) is 70.7 cm³/mol. The van der Waals surface area contributed by atoms with E-state index < -0.39 is 5.82 Å². The van der Waals surface area contributed by atoms with Gasteiger partial charge in [-0.2, -0.15) is 0 Å². The van der Waals surface area contributed by atoms with Crippen molar-refractivity contribution in [3.8, 4) is 0 Å². The van der Waals surface area contributed by atoms with Gasteiger partial charge in [0.15, 0.2) is 22.9 Å². The zero-order valence-corrected chi connectivity index (χ0v) is 10.6. The molecule has 1 aromatic carbocycles. The molecule has 0 unspecified atom stereocenters. The molecule has 1 aromatic heterocycles. The van der Waals surface area contributed by atoms with Crippen LogP contribution in [0.25, 0.3) is 11.0 Å². The quantitative estimate of drug-likeness (QED) is 0.863. The number of furan rings is 1. The standard InChI is InChI=1S/C15H16FNO2/c16-12-3-1-2-11-9-14(19-15(11)12)13(18)8-10-4-6-17-7-5-10/h1-3,9-10,17H,4-8H2. The van der Waals surface area contributed by atoms with Crippen molar-refractivity contribution in [2.45, 2.75) is 19.3 Å². The Morgan fingerprint density at radius 3 is 2.89 bits per heavy atom. The molecule has 1 saturated heterocycles. The lowest BCUT2D eigenvalue weighted by Crippen LogP contribution is -2.28. The minimum absolute atomic E-state index is 0.0255. The lowest BCUT2D eigenvalue weighted by molar-refractivity contribution is 0.0927. The Morgan fingerprint density at radius 1 is 1.37 bits per heavy atom. The molecule has 100 valence electrons. The first-order valence-corrected chi connectivity index (χ1v) is 6.66. The Balaban J connectivity index is 1.79. The van der Waals surface area contributed by atoms with Gasteiger partial charge in [-0.1, -0.05) is 12.1 Å². The van der Waals surface area contributed by atoms with E-state index in [0.29, 0.717) is 17.7 Å². The molecule has 0 radical (unpaired) electrons. The summed E-state index contributed by atoms with van der Waals surface area (Å²) in [6, 6.07) is 6.35. The van der Waals surface area contributed by atoms with Crippen LogP contribution in [0.1, 0.15) is 29.8 Å². The number of nitrogens with one attached hydrogen (secondary N) is 1. The number of carbonyl (C=O) groups is 1. The van der Waals surface area contributed by atoms with Gasteiger partial charge in [0.05, 0.1) is 0 Å².